The molecule has 2 aliphatic heterocycles. The summed E-state index contributed by atoms with van der Waals surface area (Å²) in [5.41, 5.74) is 5.69. The van der Waals surface area contributed by atoms with E-state index in [9.17, 15) is 13.2 Å². The predicted octanol–water partition coefficient (Wildman–Crippen LogP) is 4.81. The minimum absolute atomic E-state index is 0.220. The lowest BCUT2D eigenvalue weighted by molar-refractivity contribution is -0.0712. The summed E-state index contributed by atoms with van der Waals surface area (Å²) in [5, 5.41) is 0.912. The van der Waals surface area contributed by atoms with Crippen molar-refractivity contribution in [3.63, 3.8) is 0 Å². The normalized spacial score (nSPS) is 17.4. The Morgan fingerprint density at radius 1 is 0.895 bits per heavy atom. The molecule has 8 heteroatoms. The van der Waals surface area contributed by atoms with Crippen molar-refractivity contribution < 1.29 is 13.2 Å². The number of nitrogens with one attached hydrogen (secondary N) is 2. The average molecular weight is 530 g/mol. The summed E-state index contributed by atoms with van der Waals surface area (Å²) >= 11 is 0. The topological polar surface area (TPSA) is 91.5 Å². The molecule has 0 saturated carbocycles. The minimum atomic E-state index is -3.42. The van der Waals surface area contributed by atoms with Crippen LogP contribution >= 0.6 is 0 Å². The van der Waals surface area contributed by atoms with E-state index in [-0.39, 0.29) is 5.56 Å². The Bertz CT molecular complexity index is 1630. The highest BCUT2D eigenvalue weighted by atomic mass is 32.2. The number of pyridine rings is 1. The standard InChI is InChI=1S/C30H31N3O4S/c1-38(35,36)32-26-4-2-3-24(16-26)28-17-25-15-23(9-10-29(25)31-30(28)34)21-7-5-20(6-8-21)22-11-13-33(14-12-22)27-18-37-19-27/h2-10,15-17,22,27,32H,11-14,18-19H2,1H3,(H,31,34). The molecule has 2 N–H and O–H groups in total. The van der Waals surface area contributed by atoms with E-state index >= 15 is 0 Å². The van der Waals surface area contributed by atoms with Crippen LogP contribution in [0.1, 0.15) is 24.3 Å². The summed E-state index contributed by atoms with van der Waals surface area (Å²) < 4.78 is 31.1. The number of nitrogens with zero attached hydrogens (tertiary/aromatic N) is 1. The van der Waals surface area contributed by atoms with Gasteiger partial charge in [-0.05, 0) is 89.8 Å². The maximum Gasteiger partial charge on any atom is 0.256 e. The van der Waals surface area contributed by atoms with Gasteiger partial charge < -0.3 is 9.72 Å². The van der Waals surface area contributed by atoms with Crippen LogP contribution < -0.4 is 10.3 Å². The summed E-state index contributed by atoms with van der Waals surface area (Å²) in [4.78, 5) is 18.4. The largest absolute Gasteiger partial charge is 0.378 e. The molecule has 38 heavy (non-hydrogen) atoms. The molecular weight excluding hydrogens is 498 g/mol. The summed E-state index contributed by atoms with van der Waals surface area (Å²) in [5.74, 6) is 0.596. The molecule has 0 aliphatic carbocycles. The SMILES string of the molecule is CS(=O)(=O)Nc1cccc(-c2cc3cc(-c4ccc(C5CCN(C6COC6)CC5)cc4)ccc3[nH]c2=O)c1. The van der Waals surface area contributed by atoms with E-state index in [1.807, 2.05) is 18.2 Å². The van der Waals surface area contributed by atoms with Crippen molar-refractivity contribution in [2.45, 2.75) is 24.8 Å². The molecule has 0 unspecified atom stereocenters. The molecule has 2 saturated heterocycles. The van der Waals surface area contributed by atoms with Crippen molar-refractivity contribution >= 4 is 26.6 Å². The Morgan fingerprint density at radius 3 is 2.32 bits per heavy atom. The first kappa shape index (κ1) is 24.9. The van der Waals surface area contributed by atoms with Gasteiger partial charge in [-0.2, -0.15) is 0 Å². The molecular formula is C30H31N3O4S. The van der Waals surface area contributed by atoms with Crippen LogP contribution in [0.15, 0.2) is 77.6 Å². The third kappa shape index (κ3) is 5.25. The zero-order chi connectivity index (χ0) is 26.3. The quantitative estimate of drug-likeness (QED) is 0.374. The molecule has 0 amide bonds. The first-order chi connectivity index (χ1) is 18.3. The molecule has 3 aromatic carbocycles. The highest BCUT2D eigenvalue weighted by molar-refractivity contribution is 7.92. The van der Waals surface area contributed by atoms with Gasteiger partial charge in [0.1, 0.15) is 0 Å². The third-order valence-corrected chi connectivity index (χ3v) is 8.31. The fourth-order valence-corrected chi connectivity index (χ4v) is 6.10. The van der Waals surface area contributed by atoms with Gasteiger partial charge in [-0.15, -0.1) is 0 Å². The zero-order valence-corrected chi connectivity index (χ0v) is 22.1. The van der Waals surface area contributed by atoms with Crippen LogP contribution in [0.4, 0.5) is 5.69 Å². The van der Waals surface area contributed by atoms with E-state index in [1.54, 1.807) is 24.3 Å². The number of likely N-dealkylation sites (tertiary alicyclic amines) is 1. The maximum absolute atomic E-state index is 12.8. The fourth-order valence-electron chi connectivity index (χ4n) is 5.54. The third-order valence-electron chi connectivity index (χ3n) is 7.70. The fraction of sp³-hybridized carbons (Fsp3) is 0.300. The van der Waals surface area contributed by atoms with Gasteiger partial charge in [0.05, 0.1) is 25.5 Å². The summed E-state index contributed by atoms with van der Waals surface area (Å²) in [6.07, 6.45) is 3.47. The maximum atomic E-state index is 12.8. The van der Waals surface area contributed by atoms with Crippen molar-refractivity contribution in [1.29, 1.82) is 0 Å². The van der Waals surface area contributed by atoms with Gasteiger partial charge in [0, 0.05) is 16.8 Å². The molecule has 7 nitrogen and oxygen atoms in total. The van der Waals surface area contributed by atoms with Crippen molar-refractivity contribution in [3.8, 4) is 22.3 Å². The predicted molar refractivity (Wildman–Crippen MR) is 152 cm³/mol. The number of fused-ring (bicyclic) bond motifs is 1. The smallest absolute Gasteiger partial charge is 0.256 e. The first-order valence-corrected chi connectivity index (χ1v) is 14.9. The lowest BCUT2D eigenvalue weighted by Gasteiger charge is -2.41. The molecule has 2 fully saturated rings. The number of aromatic nitrogens is 1. The molecule has 3 heterocycles. The number of hydrogen-bond acceptors (Lipinski definition) is 5. The molecule has 0 radical (unpaired) electrons. The van der Waals surface area contributed by atoms with Gasteiger partial charge in [0.2, 0.25) is 10.0 Å². The van der Waals surface area contributed by atoms with E-state index in [2.05, 4.69) is 44.9 Å². The molecule has 0 atom stereocenters. The summed E-state index contributed by atoms with van der Waals surface area (Å²) in [6, 6.07) is 24.3. The second kappa shape index (κ2) is 10.0. The van der Waals surface area contributed by atoms with Crippen LogP contribution in [0.3, 0.4) is 0 Å². The number of anilines is 1. The van der Waals surface area contributed by atoms with Gasteiger partial charge >= 0.3 is 0 Å². The highest BCUT2D eigenvalue weighted by Gasteiger charge is 2.30. The minimum Gasteiger partial charge on any atom is -0.378 e. The molecule has 4 aromatic rings. The molecule has 6 rings (SSSR count). The van der Waals surface area contributed by atoms with Crippen molar-refractivity contribution in [2.75, 3.05) is 37.3 Å². The summed E-state index contributed by atoms with van der Waals surface area (Å²) in [7, 11) is -3.42. The lowest BCUT2D eigenvalue weighted by Crippen LogP contribution is -2.51. The number of ether oxygens (including phenoxy) is 1. The van der Waals surface area contributed by atoms with Gasteiger partial charge in [0.15, 0.2) is 0 Å². The number of benzene rings is 3. The number of rotatable bonds is 6. The zero-order valence-electron chi connectivity index (χ0n) is 21.3. The van der Waals surface area contributed by atoms with Crippen molar-refractivity contribution in [2.24, 2.45) is 0 Å². The number of sulfonamides is 1. The van der Waals surface area contributed by atoms with E-state index in [4.69, 9.17) is 4.74 Å². The van der Waals surface area contributed by atoms with Crippen LogP contribution in [0.5, 0.6) is 0 Å². The second-order valence-electron chi connectivity index (χ2n) is 10.4. The van der Waals surface area contributed by atoms with E-state index in [1.165, 1.54) is 18.4 Å². The second-order valence-corrected chi connectivity index (χ2v) is 12.1. The Morgan fingerprint density at radius 2 is 1.63 bits per heavy atom. The molecule has 0 bridgehead atoms. The van der Waals surface area contributed by atoms with Crippen LogP contribution in [-0.4, -0.2) is 56.9 Å². The number of H-pyrrole nitrogens is 1. The molecule has 2 aliphatic rings. The highest BCUT2D eigenvalue weighted by Crippen LogP contribution is 2.32. The molecule has 196 valence electrons. The van der Waals surface area contributed by atoms with Crippen molar-refractivity contribution in [1.82, 2.24) is 9.88 Å². The monoisotopic (exact) mass is 529 g/mol. The first-order valence-electron chi connectivity index (χ1n) is 13.0. The van der Waals surface area contributed by atoms with Gasteiger partial charge in [-0.3, -0.25) is 14.4 Å². The Hall–Kier alpha value is -3.46. The number of piperidine rings is 1. The number of hydrogen-bond donors (Lipinski definition) is 2. The van der Waals surface area contributed by atoms with Crippen LogP contribution in [-0.2, 0) is 14.8 Å². The van der Waals surface area contributed by atoms with E-state index < -0.39 is 10.0 Å². The summed E-state index contributed by atoms with van der Waals surface area (Å²) in [6.45, 7) is 4.04. The average Bonchev–Trinajstić information content (AvgIpc) is 2.87. The van der Waals surface area contributed by atoms with E-state index in [0.29, 0.717) is 28.8 Å². The number of aromatic amines is 1. The Kier molecular flexibility index (Phi) is 6.55. The van der Waals surface area contributed by atoms with Crippen LogP contribution in [0.2, 0.25) is 0 Å². The lowest BCUT2D eigenvalue weighted by atomic mass is 9.88. The van der Waals surface area contributed by atoms with Gasteiger partial charge in [-0.25, -0.2) is 8.42 Å². The molecule has 0 spiro atoms. The molecule has 1 aromatic heterocycles. The van der Waals surface area contributed by atoms with Crippen LogP contribution in [0.25, 0.3) is 33.2 Å². The Balaban J connectivity index is 1.24. The Labute approximate surface area is 222 Å². The van der Waals surface area contributed by atoms with Crippen molar-refractivity contribution in [3.05, 3.63) is 88.7 Å². The van der Waals surface area contributed by atoms with Gasteiger partial charge in [-0.1, -0.05) is 42.5 Å². The van der Waals surface area contributed by atoms with E-state index in [0.717, 1.165) is 54.6 Å². The van der Waals surface area contributed by atoms with Gasteiger partial charge in [0.25, 0.3) is 5.56 Å². The van der Waals surface area contributed by atoms with Crippen LogP contribution in [0, 0.1) is 0 Å².